The number of amides is 1. The molecule has 1 aromatic heterocycles. The fraction of sp³-hybridized carbons (Fsp3) is 0.500. The number of ether oxygens (including phenoxy) is 2. The molecule has 0 unspecified atom stereocenters. The number of rotatable bonds is 9. The summed E-state index contributed by atoms with van der Waals surface area (Å²) in [7, 11) is 1.87. The lowest BCUT2D eigenvalue weighted by atomic mass is 9.86. The van der Waals surface area contributed by atoms with Crippen LogP contribution in [0.4, 0.5) is 19.1 Å². The smallest absolute Gasteiger partial charge is 0.475 e. The maximum absolute atomic E-state index is 13.0. The van der Waals surface area contributed by atoms with Gasteiger partial charge in [-0.3, -0.25) is 4.79 Å². The van der Waals surface area contributed by atoms with Crippen LogP contribution in [0.5, 0.6) is 11.5 Å². The predicted molar refractivity (Wildman–Crippen MR) is 153 cm³/mol. The number of carbonyl (C=O) groups is 2. The zero-order valence-electron chi connectivity index (χ0n) is 24.4. The number of anilines is 1. The van der Waals surface area contributed by atoms with E-state index in [1.165, 1.54) is 0 Å². The van der Waals surface area contributed by atoms with Gasteiger partial charge in [0.25, 0.3) is 0 Å². The molecule has 12 heteroatoms. The largest absolute Gasteiger partial charge is 0.490 e. The Balaban J connectivity index is 0.000000616. The monoisotopic (exact) mass is 592 g/mol. The van der Waals surface area contributed by atoms with Gasteiger partial charge in [-0.05, 0) is 55.4 Å². The first-order valence-electron chi connectivity index (χ1n) is 13.8. The summed E-state index contributed by atoms with van der Waals surface area (Å²) in [6.45, 7) is 8.09. The van der Waals surface area contributed by atoms with Crippen LogP contribution in [0.15, 0.2) is 48.5 Å². The molecule has 0 spiro atoms. The van der Waals surface area contributed by atoms with Gasteiger partial charge in [-0.15, -0.1) is 0 Å². The lowest BCUT2D eigenvalue weighted by molar-refractivity contribution is -0.192. The third kappa shape index (κ3) is 9.64. The molecule has 2 heterocycles. The van der Waals surface area contributed by atoms with E-state index in [2.05, 4.69) is 30.3 Å². The van der Waals surface area contributed by atoms with E-state index < -0.39 is 12.1 Å². The Kier molecular flexibility index (Phi) is 10.8. The van der Waals surface area contributed by atoms with E-state index in [-0.39, 0.29) is 23.5 Å². The van der Waals surface area contributed by atoms with E-state index in [1.54, 1.807) is 0 Å². The summed E-state index contributed by atoms with van der Waals surface area (Å²) in [6.07, 6.45) is -0.826. The number of carbonyl (C=O) groups excluding carboxylic acids is 1. The average Bonchev–Trinajstić information content (AvgIpc) is 3.52. The molecule has 1 amide bonds. The number of nitrogen functional groups attached to an aromatic ring is 1. The van der Waals surface area contributed by atoms with Crippen LogP contribution in [0.25, 0.3) is 11.0 Å². The van der Waals surface area contributed by atoms with Gasteiger partial charge in [0, 0.05) is 38.7 Å². The van der Waals surface area contributed by atoms with E-state index in [9.17, 15) is 18.0 Å². The third-order valence-electron chi connectivity index (χ3n) is 6.74. The van der Waals surface area contributed by atoms with Crippen LogP contribution in [0, 0.1) is 5.41 Å². The highest BCUT2D eigenvalue weighted by molar-refractivity contribution is 5.80. The Morgan fingerprint density at radius 1 is 1.17 bits per heavy atom. The fourth-order valence-corrected chi connectivity index (χ4v) is 4.87. The second-order valence-electron chi connectivity index (χ2n) is 11.6. The molecule has 0 bridgehead atoms. The standard InChI is InChI=1S/C28H38N4O3.C2HF3O2/c1-28(2,3)18-20(12-15-26(33)31(4)19-23-11-8-16-34-23)32-25-17-22(13-14-24(25)30-27(32)29)35-21-9-6-5-7-10-21;3-2(4,5)1(6)7/h5-7,9-10,13-14,17,20,23H,8,11-12,15-16,18-19H2,1-4H3,(H2,29,30);(H,6,7)/t20-,23-;/m0./s1. The van der Waals surface area contributed by atoms with Crippen molar-refractivity contribution in [1.82, 2.24) is 14.5 Å². The molecule has 0 aliphatic carbocycles. The zero-order valence-corrected chi connectivity index (χ0v) is 24.4. The molecule has 1 saturated heterocycles. The van der Waals surface area contributed by atoms with E-state index in [0.29, 0.717) is 25.3 Å². The molecule has 3 aromatic rings. The van der Waals surface area contributed by atoms with Crippen LogP contribution in [0.2, 0.25) is 0 Å². The Bertz CT molecular complexity index is 1330. The molecule has 2 atom stereocenters. The van der Waals surface area contributed by atoms with Crippen LogP contribution < -0.4 is 10.5 Å². The third-order valence-corrected chi connectivity index (χ3v) is 6.74. The molecule has 0 saturated carbocycles. The number of carboxylic acids is 1. The number of imidazole rings is 1. The molecule has 230 valence electrons. The first-order valence-corrected chi connectivity index (χ1v) is 13.8. The Morgan fingerprint density at radius 3 is 2.40 bits per heavy atom. The topological polar surface area (TPSA) is 120 Å². The second-order valence-corrected chi connectivity index (χ2v) is 11.6. The van der Waals surface area contributed by atoms with Gasteiger partial charge >= 0.3 is 12.1 Å². The first-order chi connectivity index (χ1) is 19.6. The summed E-state index contributed by atoms with van der Waals surface area (Å²) < 4.78 is 45.6. The lowest BCUT2D eigenvalue weighted by Crippen LogP contribution is -2.34. The summed E-state index contributed by atoms with van der Waals surface area (Å²) in [6, 6.07) is 15.6. The predicted octanol–water partition coefficient (Wildman–Crippen LogP) is 6.44. The second kappa shape index (κ2) is 13.9. The van der Waals surface area contributed by atoms with Crippen molar-refractivity contribution >= 4 is 28.9 Å². The van der Waals surface area contributed by atoms with Gasteiger partial charge in [0.1, 0.15) is 11.5 Å². The van der Waals surface area contributed by atoms with Crippen molar-refractivity contribution in [2.45, 2.75) is 71.2 Å². The van der Waals surface area contributed by atoms with Crippen molar-refractivity contribution in [1.29, 1.82) is 0 Å². The molecule has 42 heavy (non-hydrogen) atoms. The molecule has 4 rings (SSSR count). The number of halogens is 3. The highest BCUT2D eigenvalue weighted by atomic mass is 19.4. The van der Waals surface area contributed by atoms with Gasteiger partial charge in [0.05, 0.1) is 17.1 Å². The molecule has 1 aliphatic rings. The number of aliphatic carboxylic acids is 1. The van der Waals surface area contributed by atoms with Gasteiger partial charge in [-0.1, -0.05) is 39.0 Å². The van der Waals surface area contributed by atoms with Crippen molar-refractivity contribution in [3.05, 3.63) is 48.5 Å². The van der Waals surface area contributed by atoms with E-state index >= 15 is 0 Å². The number of benzene rings is 2. The van der Waals surface area contributed by atoms with E-state index in [1.807, 2.05) is 60.5 Å². The van der Waals surface area contributed by atoms with Crippen molar-refractivity contribution < 1.29 is 37.3 Å². The number of carboxylic acid groups (broad SMARTS) is 1. The van der Waals surface area contributed by atoms with Crippen molar-refractivity contribution in [2.24, 2.45) is 5.41 Å². The van der Waals surface area contributed by atoms with E-state index in [0.717, 1.165) is 48.4 Å². The van der Waals surface area contributed by atoms with Crippen LogP contribution in [-0.4, -0.2) is 63.9 Å². The maximum Gasteiger partial charge on any atom is 0.490 e. The summed E-state index contributed by atoms with van der Waals surface area (Å²) >= 11 is 0. The molecule has 9 nitrogen and oxygen atoms in total. The van der Waals surface area contributed by atoms with Crippen LogP contribution in [0.1, 0.15) is 58.9 Å². The molecule has 0 radical (unpaired) electrons. The first kappa shape index (κ1) is 32.7. The normalized spacial score (nSPS) is 16.0. The minimum Gasteiger partial charge on any atom is -0.475 e. The van der Waals surface area contributed by atoms with E-state index in [4.69, 9.17) is 25.1 Å². The highest BCUT2D eigenvalue weighted by Gasteiger charge is 2.38. The number of nitrogens with zero attached hydrogens (tertiary/aromatic N) is 3. The molecule has 1 aliphatic heterocycles. The molecular weight excluding hydrogens is 553 g/mol. The number of fused-ring (bicyclic) bond motifs is 1. The number of alkyl halides is 3. The average molecular weight is 593 g/mol. The van der Waals surface area contributed by atoms with Crippen molar-refractivity contribution in [3.8, 4) is 11.5 Å². The van der Waals surface area contributed by atoms with Crippen LogP contribution in [-0.2, 0) is 14.3 Å². The SMILES string of the molecule is CN(C[C@@H]1CCCO1)C(=O)CC[C@@H](CC(C)(C)C)n1c(N)nc2ccc(Oc3ccccc3)cc21.O=C(O)C(F)(F)F. The van der Waals surface area contributed by atoms with Gasteiger partial charge in [-0.25, -0.2) is 9.78 Å². The van der Waals surface area contributed by atoms with Gasteiger partial charge in [-0.2, -0.15) is 13.2 Å². The maximum atomic E-state index is 13.0. The number of likely N-dealkylation sites (N-methyl/N-ethyl adjacent to an activating group) is 1. The number of hydrogen-bond acceptors (Lipinski definition) is 6. The van der Waals surface area contributed by atoms with Crippen molar-refractivity contribution in [3.63, 3.8) is 0 Å². The Morgan fingerprint density at radius 2 is 1.83 bits per heavy atom. The lowest BCUT2D eigenvalue weighted by Gasteiger charge is -2.29. The molecule has 3 N–H and O–H groups in total. The molecule has 1 fully saturated rings. The summed E-state index contributed by atoms with van der Waals surface area (Å²) in [5.41, 5.74) is 8.25. The number of nitrogens with two attached hydrogens (primary N) is 1. The van der Waals surface area contributed by atoms with Crippen molar-refractivity contribution in [2.75, 3.05) is 25.9 Å². The molecule has 2 aromatic carbocycles. The van der Waals surface area contributed by atoms with Gasteiger partial charge < -0.3 is 29.8 Å². The quantitative estimate of drug-likeness (QED) is 0.293. The molecular formula is C30H39F3N4O5. The summed E-state index contributed by atoms with van der Waals surface area (Å²) in [5.74, 6) is -0.655. The zero-order chi connectivity index (χ0) is 31.1. The number of para-hydroxylation sites is 1. The summed E-state index contributed by atoms with van der Waals surface area (Å²) in [4.78, 5) is 28.3. The van der Waals surface area contributed by atoms with Gasteiger partial charge in [0.2, 0.25) is 11.9 Å². The minimum absolute atomic E-state index is 0.0343. The minimum atomic E-state index is -5.08. The van der Waals surface area contributed by atoms with Crippen LogP contribution in [0.3, 0.4) is 0 Å². The number of aromatic nitrogens is 2. The highest BCUT2D eigenvalue weighted by Crippen LogP contribution is 2.36. The fourth-order valence-electron chi connectivity index (χ4n) is 4.87. The number of hydrogen-bond donors (Lipinski definition) is 2. The Hall–Kier alpha value is -3.80. The van der Waals surface area contributed by atoms with Crippen LogP contribution >= 0.6 is 0 Å². The Labute approximate surface area is 243 Å². The van der Waals surface area contributed by atoms with Gasteiger partial charge in [0.15, 0.2) is 0 Å². The summed E-state index contributed by atoms with van der Waals surface area (Å²) in [5, 5.41) is 7.12.